The van der Waals surface area contributed by atoms with Crippen molar-refractivity contribution in [2.75, 3.05) is 19.6 Å². The van der Waals surface area contributed by atoms with E-state index in [2.05, 4.69) is 25.2 Å². The van der Waals surface area contributed by atoms with E-state index in [0.717, 1.165) is 26.1 Å². The van der Waals surface area contributed by atoms with Crippen LogP contribution in [0.1, 0.15) is 47.5 Å². The molecule has 1 saturated carbocycles. The molecule has 0 bridgehead atoms. The first-order chi connectivity index (χ1) is 10.1. The molecule has 0 aromatic carbocycles. The topological polar surface area (TPSA) is 65.4 Å². The Kier molecular flexibility index (Phi) is 4.72. The third-order valence-electron chi connectivity index (χ3n) is 4.58. The molecule has 22 heavy (non-hydrogen) atoms. The first-order valence-electron chi connectivity index (χ1n) is 8.21. The zero-order chi connectivity index (χ0) is 16.5. The summed E-state index contributed by atoms with van der Waals surface area (Å²) in [6.45, 7) is 12.6. The Balaban J connectivity index is 1.71. The highest BCUT2D eigenvalue weighted by molar-refractivity contribution is 5.69. The van der Waals surface area contributed by atoms with Gasteiger partial charge in [0.1, 0.15) is 5.60 Å². The molecule has 5 heteroatoms. The number of hydrogen-bond donors (Lipinski definition) is 1. The van der Waals surface area contributed by atoms with Crippen LogP contribution in [0, 0.1) is 28.6 Å². The fourth-order valence-electron chi connectivity index (χ4n) is 3.18. The molecule has 124 valence electrons. The summed E-state index contributed by atoms with van der Waals surface area (Å²) in [5.41, 5.74) is -0.274. The summed E-state index contributed by atoms with van der Waals surface area (Å²) < 4.78 is 5.42. The lowest BCUT2D eigenvalue weighted by molar-refractivity contribution is 0.0268. The zero-order valence-electron chi connectivity index (χ0n) is 14.5. The lowest BCUT2D eigenvalue weighted by Crippen LogP contribution is -2.40. The van der Waals surface area contributed by atoms with Crippen LogP contribution in [-0.2, 0) is 4.74 Å². The van der Waals surface area contributed by atoms with Crippen LogP contribution in [0.2, 0.25) is 0 Å². The number of carbonyl (C=O) groups excluding carboxylic acids is 1. The molecule has 1 saturated heterocycles. The van der Waals surface area contributed by atoms with Crippen LogP contribution in [0.25, 0.3) is 0 Å². The number of amides is 1. The van der Waals surface area contributed by atoms with Gasteiger partial charge in [-0.05, 0) is 44.4 Å². The van der Waals surface area contributed by atoms with Gasteiger partial charge in [-0.1, -0.05) is 13.8 Å². The Hall–Kier alpha value is -1.28. The standard InChI is InChI=1S/C17H29N3O2/c1-16(2,3)22-15(21)20-9-12-13(10-20)14(12)19-11-17(4,5)7-6-8-18/h12-14,19H,6-7,9-11H2,1-5H3. The van der Waals surface area contributed by atoms with Crippen LogP contribution in [0.3, 0.4) is 0 Å². The molecule has 2 unspecified atom stereocenters. The summed E-state index contributed by atoms with van der Waals surface area (Å²) in [5.74, 6) is 1.14. The molecule has 2 fully saturated rings. The van der Waals surface area contributed by atoms with E-state index in [1.54, 1.807) is 0 Å². The van der Waals surface area contributed by atoms with Gasteiger partial charge in [-0.3, -0.25) is 0 Å². The fraction of sp³-hybridized carbons (Fsp3) is 0.882. The Morgan fingerprint density at radius 3 is 2.36 bits per heavy atom. The second-order valence-corrected chi connectivity index (χ2v) is 8.44. The number of nitrogens with zero attached hydrogens (tertiary/aromatic N) is 2. The van der Waals surface area contributed by atoms with Gasteiger partial charge in [0.2, 0.25) is 0 Å². The number of fused-ring (bicyclic) bond motifs is 1. The molecule has 5 nitrogen and oxygen atoms in total. The third kappa shape index (κ3) is 4.36. The van der Waals surface area contributed by atoms with E-state index in [4.69, 9.17) is 10.00 Å². The van der Waals surface area contributed by atoms with Crippen LogP contribution in [0.5, 0.6) is 0 Å². The number of carbonyl (C=O) groups is 1. The van der Waals surface area contributed by atoms with Crippen LogP contribution >= 0.6 is 0 Å². The number of nitrogens with one attached hydrogen (secondary N) is 1. The fourth-order valence-corrected chi connectivity index (χ4v) is 3.18. The Bertz CT molecular complexity index is 450. The molecule has 1 heterocycles. The Labute approximate surface area is 134 Å². The van der Waals surface area contributed by atoms with Gasteiger partial charge in [0, 0.05) is 32.1 Å². The van der Waals surface area contributed by atoms with E-state index in [0.29, 0.717) is 24.3 Å². The monoisotopic (exact) mass is 307 g/mol. The Morgan fingerprint density at radius 1 is 1.27 bits per heavy atom. The summed E-state index contributed by atoms with van der Waals surface area (Å²) in [7, 11) is 0. The summed E-state index contributed by atoms with van der Waals surface area (Å²) in [6.07, 6.45) is 1.34. The van der Waals surface area contributed by atoms with Crippen molar-refractivity contribution in [3.8, 4) is 6.07 Å². The molecule has 0 aromatic rings. The van der Waals surface area contributed by atoms with Crippen LogP contribution in [0.4, 0.5) is 4.79 Å². The summed E-state index contributed by atoms with van der Waals surface area (Å²) >= 11 is 0. The number of nitriles is 1. The van der Waals surface area contributed by atoms with Crippen LogP contribution in [-0.4, -0.2) is 42.3 Å². The van der Waals surface area contributed by atoms with Crippen molar-refractivity contribution in [1.29, 1.82) is 5.26 Å². The maximum Gasteiger partial charge on any atom is 0.410 e. The van der Waals surface area contributed by atoms with Gasteiger partial charge in [-0.2, -0.15) is 5.26 Å². The average Bonchev–Trinajstić information content (AvgIpc) is 2.83. The lowest BCUT2D eigenvalue weighted by Gasteiger charge is -2.27. The van der Waals surface area contributed by atoms with Crippen molar-refractivity contribution in [3.63, 3.8) is 0 Å². The highest BCUT2D eigenvalue weighted by Gasteiger charge is 2.57. The molecule has 0 aromatic heterocycles. The molecule has 2 aliphatic rings. The number of ether oxygens (including phenoxy) is 1. The second-order valence-electron chi connectivity index (χ2n) is 8.44. The molecule has 1 amide bonds. The van der Waals surface area contributed by atoms with Crippen molar-refractivity contribution in [2.24, 2.45) is 17.3 Å². The normalized spacial score (nSPS) is 27.3. The minimum atomic E-state index is -0.424. The van der Waals surface area contributed by atoms with E-state index >= 15 is 0 Å². The maximum absolute atomic E-state index is 12.0. The van der Waals surface area contributed by atoms with Crippen LogP contribution < -0.4 is 5.32 Å². The summed E-state index contributed by atoms with van der Waals surface area (Å²) in [5, 5.41) is 12.3. The molecule has 2 atom stereocenters. The lowest BCUT2D eigenvalue weighted by atomic mass is 9.88. The number of piperidine rings is 1. The smallest absolute Gasteiger partial charge is 0.410 e. The van der Waals surface area contributed by atoms with Crippen molar-refractivity contribution >= 4 is 6.09 Å². The van der Waals surface area contributed by atoms with E-state index in [1.165, 1.54) is 0 Å². The van der Waals surface area contributed by atoms with Crippen molar-refractivity contribution in [2.45, 2.75) is 59.1 Å². The van der Waals surface area contributed by atoms with E-state index in [9.17, 15) is 4.79 Å². The minimum absolute atomic E-state index is 0.150. The number of likely N-dealkylation sites (tertiary alicyclic amines) is 1. The SMILES string of the molecule is CC(C)(CCC#N)CNC1C2CN(C(=O)OC(C)(C)C)CC21. The molecule has 2 rings (SSSR count). The summed E-state index contributed by atoms with van der Waals surface area (Å²) in [6, 6.07) is 2.75. The van der Waals surface area contributed by atoms with E-state index in [-0.39, 0.29) is 11.5 Å². The molecular formula is C17H29N3O2. The predicted molar refractivity (Wildman–Crippen MR) is 85.2 cm³/mol. The third-order valence-corrected chi connectivity index (χ3v) is 4.58. The van der Waals surface area contributed by atoms with E-state index < -0.39 is 5.60 Å². The van der Waals surface area contributed by atoms with Gasteiger partial charge in [0.25, 0.3) is 0 Å². The highest BCUT2D eigenvalue weighted by Crippen LogP contribution is 2.46. The molecular weight excluding hydrogens is 278 g/mol. The zero-order valence-corrected chi connectivity index (χ0v) is 14.5. The maximum atomic E-state index is 12.0. The molecule has 0 spiro atoms. The number of rotatable bonds is 5. The van der Waals surface area contributed by atoms with Crippen LogP contribution in [0.15, 0.2) is 0 Å². The molecule has 0 radical (unpaired) electrons. The van der Waals surface area contributed by atoms with E-state index in [1.807, 2.05) is 25.7 Å². The minimum Gasteiger partial charge on any atom is -0.444 e. The van der Waals surface area contributed by atoms with Gasteiger partial charge < -0.3 is 15.0 Å². The van der Waals surface area contributed by atoms with Gasteiger partial charge in [-0.15, -0.1) is 0 Å². The second kappa shape index (κ2) is 6.08. The van der Waals surface area contributed by atoms with Crippen molar-refractivity contribution in [1.82, 2.24) is 10.2 Å². The first kappa shape index (κ1) is 17.1. The first-order valence-corrected chi connectivity index (χ1v) is 8.21. The average molecular weight is 307 g/mol. The predicted octanol–water partition coefficient (Wildman–Crippen LogP) is 2.77. The van der Waals surface area contributed by atoms with Gasteiger partial charge in [0.15, 0.2) is 0 Å². The highest BCUT2D eigenvalue weighted by atomic mass is 16.6. The number of hydrogen-bond acceptors (Lipinski definition) is 4. The van der Waals surface area contributed by atoms with Gasteiger partial charge >= 0.3 is 6.09 Å². The summed E-state index contributed by atoms with van der Waals surface area (Å²) in [4.78, 5) is 13.9. The molecule has 1 aliphatic heterocycles. The van der Waals surface area contributed by atoms with Crippen molar-refractivity contribution in [3.05, 3.63) is 0 Å². The molecule has 1 N–H and O–H groups in total. The van der Waals surface area contributed by atoms with Crippen molar-refractivity contribution < 1.29 is 9.53 Å². The van der Waals surface area contributed by atoms with Gasteiger partial charge in [-0.25, -0.2) is 4.79 Å². The molecule has 1 aliphatic carbocycles. The Morgan fingerprint density at radius 2 is 1.86 bits per heavy atom. The quantitative estimate of drug-likeness (QED) is 0.848. The largest absolute Gasteiger partial charge is 0.444 e. The van der Waals surface area contributed by atoms with Gasteiger partial charge in [0.05, 0.1) is 6.07 Å².